The smallest absolute Gasteiger partial charge is 0.307 e. The van der Waals surface area contributed by atoms with E-state index >= 15 is 0 Å². The summed E-state index contributed by atoms with van der Waals surface area (Å²) in [5.41, 5.74) is -0.881. The first-order chi connectivity index (χ1) is 16.1. The van der Waals surface area contributed by atoms with E-state index < -0.39 is 48.3 Å². The Morgan fingerprint density at radius 2 is 1.65 bits per heavy atom. The molecule has 2 aromatic rings. The van der Waals surface area contributed by atoms with Crippen molar-refractivity contribution in [3.05, 3.63) is 65.7 Å². The van der Waals surface area contributed by atoms with Gasteiger partial charge in [0, 0.05) is 6.21 Å². The molecule has 7 nitrogen and oxygen atoms in total. The van der Waals surface area contributed by atoms with E-state index in [9.17, 15) is 27.3 Å². The number of nitrogens with zero attached hydrogens (tertiary/aromatic N) is 2. The van der Waals surface area contributed by atoms with Gasteiger partial charge in [-0.25, -0.2) is 4.90 Å². The minimum absolute atomic E-state index is 0.0156. The highest BCUT2D eigenvalue weighted by atomic mass is 31.2. The van der Waals surface area contributed by atoms with Gasteiger partial charge in [0.15, 0.2) is 5.28 Å². The minimum atomic E-state index is -4.66. The van der Waals surface area contributed by atoms with Gasteiger partial charge in [0.1, 0.15) is 0 Å². The van der Waals surface area contributed by atoms with Gasteiger partial charge in [-0.05, 0) is 37.6 Å². The van der Waals surface area contributed by atoms with Crippen LogP contribution < -0.4 is 4.90 Å². The topological polar surface area (TPSA) is 85.3 Å². The fourth-order valence-corrected chi connectivity index (χ4v) is 6.96. The number of aliphatic imine (C=N–C) groups is 1. The average Bonchev–Trinajstić information content (AvgIpc) is 3.32. The number of rotatable bonds is 7. The molecule has 34 heavy (non-hydrogen) atoms. The lowest BCUT2D eigenvalue weighted by Gasteiger charge is -2.37. The van der Waals surface area contributed by atoms with Crippen LogP contribution in [0.2, 0.25) is 0 Å². The number of imide groups is 1. The highest BCUT2D eigenvalue weighted by molar-refractivity contribution is 7.55. The monoisotopic (exact) mass is 494 g/mol. The molecule has 0 bridgehead atoms. The highest BCUT2D eigenvalue weighted by Gasteiger charge is 2.69. The molecule has 11 heteroatoms. The summed E-state index contributed by atoms with van der Waals surface area (Å²) in [6, 6.07) is 12.2. The molecule has 0 aliphatic carbocycles. The summed E-state index contributed by atoms with van der Waals surface area (Å²) in [5.74, 6) is -4.04. The maximum atomic E-state index is 14.2. The number of amides is 2. The Bertz CT molecular complexity index is 1180. The molecule has 0 aromatic heterocycles. The number of benzene rings is 2. The SMILES string of the molecule is CCOP(=O)(OCC)C1(c2ccccc2)N=CC2C(=O)N(c3cccc(C(F)(F)F)c3)C(=O)C21. The second-order valence-corrected chi connectivity index (χ2v) is 9.96. The molecular weight excluding hydrogens is 472 g/mol. The van der Waals surface area contributed by atoms with Gasteiger partial charge in [0.25, 0.3) is 0 Å². The Morgan fingerprint density at radius 1 is 1.00 bits per heavy atom. The minimum Gasteiger partial charge on any atom is -0.307 e. The first-order valence-corrected chi connectivity index (χ1v) is 12.2. The Morgan fingerprint density at radius 3 is 2.24 bits per heavy atom. The Kier molecular flexibility index (Phi) is 6.27. The quantitative estimate of drug-likeness (QED) is 0.399. The molecule has 2 aliphatic rings. The normalized spacial score (nSPS) is 24.7. The lowest BCUT2D eigenvalue weighted by molar-refractivity contribution is -0.137. The third kappa shape index (κ3) is 3.61. The molecule has 2 aliphatic heterocycles. The fourth-order valence-electron chi connectivity index (χ4n) is 4.53. The number of carbonyl (C=O) groups excluding carboxylic acids is 2. The highest BCUT2D eigenvalue weighted by Crippen LogP contribution is 2.72. The van der Waals surface area contributed by atoms with Crippen LogP contribution in [0.3, 0.4) is 0 Å². The van der Waals surface area contributed by atoms with Gasteiger partial charge >= 0.3 is 13.8 Å². The van der Waals surface area contributed by atoms with Crippen molar-refractivity contribution in [3.63, 3.8) is 0 Å². The van der Waals surface area contributed by atoms with Crippen molar-refractivity contribution in [1.82, 2.24) is 0 Å². The van der Waals surface area contributed by atoms with Gasteiger partial charge < -0.3 is 9.05 Å². The van der Waals surface area contributed by atoms with Gasteiger partial charge in [-0.1, -0.05) is 36.4 Å². The van der Waals surface area contributed by atoms with E-state index in [2.05, 4.69) is 4.99 Å². The molecule has 2 heterocycles. The predicted octanol–water partition coefficient (Wildman–Crippen LogP) is 5.01. The zero-order chi connectivity index (χ0) is 24.7. The largest absolute Gasteiger partial charge is 0.416 e. The number of fused-ring (bicyclic) bond motifs is 1. The van der Waals surface area contributed by atoms with Gasteiger partial charge in [-0.15, -0.1) is 0 Å². The number of hydrogen-bond donors (Lipinski definition) is 0. The van der Waals surface area contributed by atoms with Gasteiger partial charge in [-0.2, -0.15) is 13.2 Å². The second-order valence-electron chi connectivity index (χ2n) is 7.77. The molecule has 3 unspecified atom stereocenters. The zero-order valence-electron chi connectivity index (χ0n) is 18.4. The Balaban J connectivity index is 1.88. The first-order valence-electron chi connectivity index (χ1n) is 10.7. The summed E-state index contributed by atoms with van der Waals surface area (Å²) in [7, 11) is -4.19. The summed E-state index contributed by atoms with van der Waals surface area (Å²) in [4.78, 5) is 32.1. The fraction of sp³-hybridized carbons (Fsp3) is 0.348. The number of alkyl halides is 3. The van der Waals surface area contributed by atoms with E-state index in [0.29, 0.717) is 10.5 Å². The number of anilines is 1. The van der Waals surface area contributed by atoms with Crippen LogP contribution in [-0.4, -0.2) is 31.2 Å². The van der Waals surface area contributed by atoms with Gasteiger partial charge in [0.2, 0.25) is 11.8 Å². The first kappa shape index (κ1) is 24.3. The number of hydrogen-bond acceptors (Lipinski definition) is 6. The molecule has 1 saturated heterocycles. The molecule has 0 spiro atoms. The molecule has 0 radical (unpaired) electrons. The summed E-state index contributed by atoms with van der Waals surface area (Å²) in [6.07, 6.45) is -3.43. The third-order valence-electron chi connectivity index (χ3n) is 5.86. The van der Waals surface area contributed by atoms with Crippen molar-refractivity contribution in [2.75, 3.05) is 18.1 Å². The van der Waals surface area contributed by atoms with Crippen LogP contribution in [0.15, 0.2) is 59.6 Å². The molecule has 1 fully saturated rings. The van der Waals surface area contributed by atoms with Crippen molar-refractivity contribution < 1.29 is 36.4 Å². The molecule has 2 aromatic carbocycles. The van der Waals surface area contributed by atoms with E-state index in [1.165, 1.54) is 12.3 Å². The zero-order valence-corrected chi connectivity index (χ0v) is 19.3. The Labute approximate surface area is 194 Å². The standard InChI is InChI=1S/C23H22F3N2O5P/c1-3-32-34(31,33-4-2)22(15-9-6-5-7-10-15)19-18(14-27-22)20(29)28(21(19)30)17-12-8-11-16(13-17)23(24,25)26/h5-14,18-19H,3-4H2,1-2H3. The van der Waals surface area contributed by atoms with Crippen molar-refractivity contribution in [1.29, 1.82) is 0 Å². The summed E-state index contributed by atoms with van der Waals surface area (Å²) in [5, 5.41) is -1.87. The van der Waals surface area contributed by atoms with Crippen LogP contribution in [-0.2, 0) is 34.7 Å². The average molecular weight is 494 g/mol. The van der Waals surface area contributed by atoms with Crippen molar-refractivity contribution in [2.45, 2.75) is 25.3 Å². The van der Waals surface area contributed by atoms with Crippen LogP contribution >= 0.6 is 7.60 Å². The van der Waals surface area contributed by atoms with Crippen LogP contribution in [0.5, 0.6) is 0 Å². The number of carbonyl (C=O) groups is 2. The molecular formula is C23H22F3N2O5P. The van der Waals surface area contributed by atoms with E-state index in [1.54, 1.807) is 44.2 Å². The van der Waals surface area contributed by atoms with Crippen LogP contribution in [0, 0.1) is 11.8 Å². The third-order valence-corrected chi connectivity index (χ3v) is 8.55. The van der Waals surface area contributed by atoms with Crippen LogP contribution in [0.25, 0.3) is 0 Å². The predicted molar refractivity (Wildman–Crippen MR) is 118 cm³/mol. The molecule has 0 saturated carbocycles. The maximum Gasteiger partial charge on any atom is 0.416 e. The molecule has 0 N–H and O–H groups in total. The second kappa shape index (κ2) is 8.76. The van der Waals surface area contributed by atoms with E-state index in [1.807, 2.05) is 0 Å². The maximum absolute atomic E-state index is 14.2. The molecule has 4 rings (SSSR count). The van der Waals surface area contributed by atoms with Gasteiger partial charge in [0.05, 0.1) is 36.3 Å². The molecule has 180 valence electrons. The molecule has 3 atom stereocenters. The summed E-state index contributed by atoms with van der Waals surface area (Å²) < 4.78 is 65.2. The van der Waals surface area contributed by atoms with E-state index in [4.69, 9.17) is 9.05 Å². The lowest BCUT2D eigenvalue weighted by Crippen LogP contribution is -2.40. The summed E-state index contributed by atoms with van der Waals surface area (Å²) in [6.45, 7) is 3.19. The Hall–Kier alpha value is -2.81. The lowest BCUT2D eigenvalue weighted by atomic mass is 9.87. The summed E-state index contributed by atoms with van der Waals surface area (Å²) >= 11 is 0. The van der Waals surface area contributed by atoms with Crippen LogP contribution in [0.4, 0.5) is 18.9 Å². The van der Waals surface area contributed by atoms with E-state index in [0.717, 1.165) is 18.2 Å². The van der Waals surface area contributed by atoms with Crippen LogP contribution in [0.1, 0.15) is 25.0 Å². The van der Waals surface area contributed by atoms with Crippen molar-refractivity contribution >= 4 is 31.3 Å². The van der Waals surface area contributed by atoms with Crippen molar-refractivity contribution in [3.8, 4) is 0 Å². The molecule has 2 amide bonds. The van der Waals surface area contributed by atoms with Gasteiger partial charge in [-0.3, -0.25) is 19.1 Å². The van der Waals surface area contributed by atoms with E-state index in [-0.39, 0.29) is 18.9 Å². The number of halogens is 3. The van der Waals surface area contributed by atoms with Crippen molar-refractivity contribution in [2.24, 2.45) is 16.8 Å².